The van der Waals surface area contributed by atoms with E-state index in [1.807, 2.05) is 4.90 Å². The predicted octanol–water partition coefficient (Wildman–Crippen LogP) is 0.464. The van der Waals surface area contributed by atoms with Crippen molar-refractivity contribution in [2.24, 2.45) is 5.92 Å². The summed E-state index contributed by atoms with van der Waals surface area (Å²) in [5, 5.41) is 3.31. The maximum atomic E-state index is 11.0. The molecular formula is C9H18N2O. The summed E-state index contributed by atoms with van der Waals surface area (Å²) >= 11 is 0. The van der Waals surface area contributed by atoms with Crippen LogP contribution < -0.4 is 5.32 Å². The zero-order valence-corrected chi connectivity index (χ0v) is 7.97. The first-order valence-corrected chi connectivity index (χ1v) is 4.70. The molecule has 0 radical (unpaired) electrons. The molecule has 0 aromatic carbocycles. The molecule has 0 aromatic rings. The lowest BCUT2D eigenvalue weighted by Gasteiger charge is -2.13. The molecule has 12 heavy (non-hydrogen) atoms. The van der Waals surface area contributed by atoms with E-state index in [1.165, 1.54) is 0 Å². The lowest BCUT2D eigenvalue weighted by Crippen LogP contribution is -2.29. The van der Waals surface area contributed by atoms with Gasteiger partial charge in [-0.3, -0.25) is 4.79 Å². The molecule has 1 heterocycles. The lowest BCUT2D eigenvalue weighted by atomic mass is 10.1. The minimum atomic E-state index is 0.217. The van der Waals surface area contributed by atoms with Crippen molar-refractivity contribution in [2.75, 3.05) is 26.2 Å². The fourth-order valence-corrected chi connectivity index (χ4v) is 1.63. The largest absolute Gasteiger partial charge is 0.343 e. The molecule has 1 unspecified atom stereocenters. The number of carbonyl (C=O) groups excluding carboxylic acids is 1. The quantitative estimate of drug-likeness (QED) is 0.667. The molecular weight excluding hydrogens is 152 g/mol. The van der Waals surface area contributed by atoms with Crippen LogP contribution in [-0.4, -0.2) is 37.0 Å². The van der Waals surface area contributed by atoms with Gasteiger partial charge in [-0.15, -0.1) is 0 Å². The number of likely N-dealkylation sites (tertiary alicyclic amines) is 1. The number of rotatable bonds is 3. The molecule has 1 N–H and O–H groups in total. The van der Waals surface area contributed by atoms with Gasteiger partial charge in [0.25, 0.3) is 0 Å². The lowest BCUT2D eigenvalue weighted by molar-refractivity contribution is -0.127. The van der Waals surface area contributed by atoms with Crippen molar-refractivity contribution < 1.29 is 4.79 Å². The molecule has 0 aromatic heterocycles. The fourth-order valence-electron chi connectivity index (χ4n) is 1.63. The minimum absolute atomic E-state index is 0.217. The highest BCUT2D eigenvalue weighted by molar-refractivity contribution is 5.73. The monoisotopic (exact) mass is 170 g/mol. The van der Waals surface area contributed by atoms with E-state index >= 15 is 0 Å². The predicted molar refractivity (Wildman–Crippen MR) is 48.9 cm³/mol. The van der Waals surface area contributed by atoms with Gasteiger partial charge in [0, 0.05) is 20.0 Å². The van der Waals surface area contributed by atoms with Crippen LogP contribution in [-0.2, 0) is 4.79 Å². The molecule has 70 valence electrons. The van der Waals surface area contributed by atoms with Gasteiger partial charge >= 0.3 is 0 Å². The molecule has 1 atom stereocenters. The van der Waals surface area contributed by atoms with Crippen molar-refractivity contribution >= 4 is 5.91 Å². The van der Waals surface area contributed by atoms with Crippen molar-refractivity contribution in [3.05, 3.63) is 0 Å². The Hall–Kier alpha value is -0.570. The molecule has 0 saturated carbocycles. The van der Waals surface area contributed by atoms with E-state index in [2.05, 4.69) is 12.2 Å². The molecule has 1 amide bonds. The van der Waals surface area contributed by atoms with Gasteiger partial charge in [0.05, 0.1) is 0 Å². The first-order chi connectivity index (χ1) is 5.74. The van der Waals surface area contributed by atoms with Crippen LogP contribution >= 0.6 is 0 Å². The number of carbonyl (C=O) groups is 1. The highest BCUT2D eigenvalue weighted by Crippen LogP contribution is 2.14. The Morgan fingerprint density at radius 3 is 2.92 bits per heavy atom. The van der Waals surface area contributed by atoms with Crippen LogP contribution in [0.25, 0.3) is 0 Å². The van der Waals surface area contributed by atoms with E-state index in [0.717, 1.165) is 32.6 Å². The zero-order valence-electron chi connectivity index (χ0n) is 7.97. The van der Waals surface area contributed by atoms with Crippen LogP contribution in [0.2, 0.25) is 0 Å². The second-order valence-electron chi connectivity index (χ2n) is 3.43. The summed E-state index contributed by atoms with van der Waals surface area (Å²) in [4.78, 5) is 12.9. The van der Waals surface area contributed by atoms with E-state index in [9.17, 15) is 4.79 Å². The molecule has 1 aliphatic heterocycles. The Kier molecular flexibility index (Phi) is 3.53. The van der Waals surface area contributed by atoms with Crippen LogP contribution in [0.15, 0.2) is 0 Å². The van der Waals surface area contributed by atoms with Crippen LogP contribution in [0.5, 0.6) is 0 Å². The third-order valence-corrected chi connectivity index (χ3v) is 2.41. The smallest absolute Gasteiger partial charge is 0.219 e. The standard InChI is InChI=1S/C9H18N2O/c1-3-10-6-9-4-5-11(7-9)8(2)12/h9-10H,3-7H2,1-2H3. The Balaban J connectivity index is 2.21. The molecule has 1 rings (SSSR count). The van der Waals surface area contributed by atoms with E-state index < -0.39 is 0 Å². The number of nitrogens with one attached hydrogen (secondary N) is 1. The van der Waals surface area contributed by atoms with Gasteiger partial charge in [-0.05, 0) is 25.4 Å². The molecule has 3 nitrogen and oxygen atoms in total. The van der Waals surface area contributed by atoms with E-state index in [4.69, 9.17) is 0 Å². The normalized spacial score (nSPS) is 23.2. The van der Waals surface area contributed by atoms with Crippen molar-refractivity contribution in [2.45, 2.75) is 20.3 Å². The highest BCUT2D eigenvalue weighted by Gasteiger charge is 2.23. The second kappa shape index (κ2) is 4.45. The van der Waals surface area contributed by atoms with Crippen molar-refractivity contribution in [3.63, 3.8) is 0 Å². The number of hydrogen-bond donors (Lipinski definition) is 1. The third kappa shape index (κ3) is 2.48. The Morgan fingerprint density at radius 1 is 1.67 bits per heavy atom. The maximum absolute atomic E-state index is 11.0. The van der Waals surface area contributed by atoms with Crippen LogP contribution in [0.1, 0.15) is 20.3 Å². The second-order valence-corrected chi connectivity index (χ2v) is 3.43. The minimum Gasteiger partial charge on any atom is -0.343 e. The summed E-state index contributed by atoms with van der Waals surface area (Å²) in [5.41, 5.74) is 0. The molecule has 0 aliphatic carbocycles. The Labute approximate surface area is 74.1 Å². The fraction of sp³-hybridized carbons (Fsp3) is 0.889. The van der Waals surface area contributed by atoms with E-state index in [0.29, 0.717) is 5.92 Å². The van der Waals surface area contributed by atoms with E-state index in [1.54, 1.807) is 6.92 Å². The summed E-state index contributed by atoms with van der Waals surface area (Å²) in [6, 6.07) is 0. The Bertz CT molecular complexity index is 159. The molecule has 0 bridgehead atoms. The van der Waals surface area contributed by atoms with Gasteiger partial charge in [-0.25, -0.2) is 0 Å². The summed E-state index contributed by atoms with van der Waals surface area (Å²) in [7, 11) is 0. The summed E-state index contributed by atoms with van der Waals surface area (Å²) in [6.45, 7) is 7.73. The molecule has 0 spiro atoms. The van der Waals surface area contributed by atoms with Gasteiger partial charge in [-0.2, -0.15) is 0 Å². The van der Waals surface area contributed by atoms with Gasteiger partial charge in [0.1, 0.15) is 0 Å². The first-order valence-electron chi connectivity index (χ1n) is 4.70. The SMILES string of the molecule is CCNCC1CCN(C(C)=O)C1. The number of nitrogens with zero attached hydrogens (tertiary/aromatic N) is 1. The average Bonchev–Trinajstić information content (AvgIpc) is 2.48. The summed E-state index contributed by atoms with van der Waals surface area (Å²) < 4.78 is 0. The summed E-state index contributed by atoms with van der Waals surface area (Å²) in [5.74, 6) is 0.892. The van der Waals surface area contributed by atoms with E-state index in [-0.39, 0.29) is 5.91 Å². The van der Waals surface area contributed by atoms with Crippen molar-refractivity contribution in [1.82, 2.24) is 10.2 Å². The zero-order chi connectivity index (χ0) is 8.97. The first kappa shape index (κ1) is 9.52. The topological polar surface area (TPSA) is 32.3 Å². The number of amides is 1. The number of hydrogen-bond acceptors (Lipinski definition) is 2. The van der Waals surface area contributed by atoms with Crippen LogP contribution in [0.4, 0.5) is 0 Å². The molecule has 3 heteroatoms. The van der Waals surface area contributed by atoms with Gasteiger partial charge in [0.15, 0.2) is 0 Å². The average molecular weight is 170 g/mol. The van der Waals surface area contributed by atoms with Gasteiger partial charge < -0.3 is 10.2 Å². The van der Waals surface area contributed by atoms with Crippen molar-refractivity contribution in [1.29, 1.82) is 0 Å². The summed E-state index contributed by atoms with van der Waals surface area (Å²) in [6.07, 6.45) is 1.16. The van der Waals surface area contributed by atoms with Gasteiger partial charge in [-0.1, -0.05) is 6.92 Å². The highest BCUT2D eigenvalue weighted by atomic mass is 16.2. The molecule has 1 aliphatic rings. The van der Waals surface area contributed by atoms with Crippen molar-refractivity contribution in [3.8, 4) is 0 Å². The molecule has 1 saturated heterocycles. The third-order valence-electron chi connectivity index (χ3n) is 2.41. The van der Waals surface area contributed by atoms with Crippen LogP contribution in [0, 0.1) is 5.92 Å². The van der Waals surface area contributed by atoms with Gasteiger partial charge in [0.2, 0.25) is 5.91 Å². The maximum Gasteiger partial charge on any atom is 0.219 e. The van der Waals surface area contributed by atoms with Crippen LogP contribution in [0.3, 0.4) is 0 Å². The Morgan fingerprint density at radius 2 is 2.42 bits per heavy atom. The molecule has 1 fully saturated rings.